The predicted octanol–water partition coefficient (Wildman–Crippen LogP) is 4.13. The van der Waals surface area contributed by atoms with Gasteiger partial charge in [0.1, 0.15) is 5.75 Å². The van der Waals surface area contributed by atoms with E-state index < -0.39 is 0 Å². The Balaban J connectivity index is 1.45. The van der Waals surface area contributed by atoms with Gasteiger partial charge in [-0.1, -0.05) is 12.1 Å². The van der Waals surface area contributed by atoms with E-state index in [-0.39, 0.29) is 5.91 Å². The number of carbonyl (C=O) groups excluding carboxylic acids is 1. The van der Waals surface area contributed by atoms with E-state index in [1.165, 1.54) is 5.56 Å². The minimum absolute atomic E-state index is 0.0321. The highest BCUT2D eigenvalue weighted by Crippen LogP contribution is 2.32. The average Bonchev–Trinajstić information content (AvgIpc) is 3.28. The molecule has 1 aliphatic heterocycles. The highest BCUT2D eigenvalue weighted by Gasteiger charge is 2.22. The van der Waals surface area contributed by atoms with E-state index in [0.717, 1.165) is 46.4 Å². The molecule has 2 heterocycles. The first-order valence-corrected chi connectivity index (χ1v) is 9.74. The van der Waals surface area contributed by atoms with Crippen molar-refractivity contribution in [1.82, 2.24) is 4.98 Å². The number of benzene rings is 2. The molecule has 3 aromatic rings. The van der Waals surface area contributed by atoms with Crippen molar-refractivity contribution in [1.29, 1.82) is 0 Å². The predicted molar refractivity (Wildman–Crippen MR) is 110 cm³/mol. The Bertz CT molecular complexity index is 983. The van der Waals surface area contributed by atoms with Crippen LogP contribution in [0, 0.1) is 6.92 Å². The first-order chi connectivity index (χ1) is 13.1. The second kappa shape index (κ2) is 7.40. The van der Waals surface area contributed by atoms with E-state index in [1.54, 1.807) is 18.4 Å². The van der Waals surface area contributed by atoms with Crippen LogP contribution in [0.25, 0.3) is 11.3 Å². The highest BCUT2D eigenvalue weighted by molar-refractivity contribution is 7.09. The molecule has 1 aliphatic rings. The van der Waals surface area contributed by atoms with E-state index in [0.29, 0.717) is 6.54 Å². The molecule has 0 radical (unpaired) electrons. The van der Waals surface area contributed by atoms with Gasteiger partial charge < -0.3 is 15.0 Å². The topological polar surface area (TPSA) is 54.5 Å². The van der Waals surface area contributed by atoms with Crippen molar-refractivity contribution in [2.75, 3.05) is 30.4 Å². The van der Waals surface area contributed by atoms with E-state index in [4.69, 9.17) is 4.74 Å². The average molecular weight is 379 g/mol. The SMILES string of the molecule is COc1cccc(NC(=O)CN2CCc3cc(-c4csc(C)n4)ccc32)c1. The zero-order valence-corrected chi connectivity index (χ0v) is 16.2. The van der Waals surface area contributed by atoms with Crippen LogP contribution >= 0.6 is 11.3 Å². The van der Waals surface area contributed by atoms with Crippen molar-refractivity contribution in [3.05, 3.63) is 58.4 Å². The van der Waals surface area contributed by atoms with Crippen molar-refractivity contribution in [3.63, 3.8) is 0 Å². The monoisotopic (exact) mass is 379 g/mol. The zero-order chi connectivity index (χ0) is 18.8. The number of nitrogens with zero attached hydrogens (tertiary/aromatic N) is 2. The minimum atomic E-state index is -0.0321. The minimum Gasteiger partial charge on any atom is -0.497 e. The van der Waals surface area contributed by atoms with Crippen molar-refractivity contribution in [2.45, 2.75) is 13.3 Å². The van der Waals surface area contributed by atoms with Gasteiger partial charge in [-0.2, -0.15) is 0 Å². The lowest BCUT2D eigenvalue weighted by molar-refractivity contribution is -0.115. The van der Waals surface area contributed by atoms with Crippen LogP contribution in [-0.2, 0) is 11.2 Å². The molecule has 1 N–H and O–H groups in total. The van der Waals surface area contributed by atoms with Crippen LogP contribution in [0.2, 0.25) is 0 Å². The summed E-state index contributed by atoms with van der Waals surface area (Å²) in [5.41, 5.74) is 5.31. The number of thiazole rings is 1. The summed E-state index contributed by atoms with van der Waals surface area (Å²) in [5.74, 6) is 0.694. The van der Waals surface area contributed by atoms with Gasteiger partial charge in [-0.25, -0.2) is 4.98 Å². The highest BCUT2D eigenvalue weighted by atomic mass is 32.1. The standard InChI is InChI=1S/C21H21N3O2S/c1-14-22-19(13-27-14)15-6-7-20-16(10-15)8-9-24(20)12-21(25)23-17-4-3-5-18(11-17)26-2/h3-7,10-11,13H,8-9,12H2,1-2H3,(H,23,25). The maximum atomic E-state index is 12.5. The van der Waals surface area contributed by atoms with Gasteiger partial charge in [-0.05, 0) is 43.2 Å². The Morgan fingerprint density at radius 1 is 1.30 bits per heavy atom. The fourth-order valence-electron chi connectivity index (χ4n) is 3.36. The fourth-order valence-corrected chi connectivity index (χ4v) is 3.99. The fraction of sp³-hybridized carbons (Fsp3) is 0.238. The number of hydrogen-bond acceptors (Lipinski definition) is 5. The van der Waals surface area contributed by atoms with Gasteiger partial charge in [0.15, 0.2) is 0 Å². The second-order valence-corrected chi connectivity index (χ2v) is 7.61. The van der Waals surface area contributed by atoms with E-state index in [2.05, 4.69) is 38.8 Å². The smallest absolute Gasteiger partial charge is 0.243 e. The molecule has 1 amide bonds. The molecule has 0 atom stereocenters. The summed E-state index contributed by atoms with van der Waals surface area (Å²) in [7, 11) is 1.61. The number of ether oxygens (including phenoxy) is 1. The third-order valence-corrected chi connectivity index (χ3v) is 5.45. The van der Waals surface area contributed by atoms with E-state index in [9.17, 15) is 4.79 Å². The molecule has 0 saturated carbocycles. The number of aryl methyl sites for hydroxylation is 1. The largest absolute Gasteiger partial charge is 0.497 e. The van der Waals surface area contributed by atoms with Gasteiger partial charge in [0.05, 0.1) is 24.4 Å². The lowest BCUT2D eigenvalue weighted by Gasteiger charge is -2.19. The van der Waals surface area contributed by atoms with Gasteiger partial charge >= 0.3 is 0 Å². The number of rotatable bonds is 5. The molecule has 5 nitrogen and oxygen atoms in total. The molecule has 2 aromatic carbocycles. The Morgan fingerprint density at radius 3 is 2.96 bits per heavy atom. The van der Waals surface area contributed by atoms with E-state index >= 15 is 0 Å². The Labute approximate surface area is 162 Å². The Kier molecular flexibility index (Phi) is 4.81. The van der Waals surface area contributed by atoms with Crippen molar-refractivity contribution < 1.29 is 9.53 Å². The molecular weight excluding hydrogens is 358 g/mol. The third kappa shape index (κ3) is 3.80. The Hall–Kier alpha value is -2.86. The van der Waals surface area contributed by atoms with Crippen molar-refractivity contribution in [3.8, 4) is 17.0 Å². The second-order valence-electron chi connectivity index (χ2n) is 6.55. The third-order valence-electron chi connectivity index (χ3n) is 4.67. The summed E-state index contributed by atoms with van der Waals surface area (Å²) in [4.78, 5) is 19.2. The van der Waals surface area contributed by atoms with Gasteiger partial charge in [-0.3, -0.25) is 4.79 Å². The van der Waals surface area contributed by atoms with E-state index in [1.807, 2.05) is 31.2 Å². The first kappa shape index (κ1) is 17.5. The van der Waals surface area contributed by atoms with Crippen LogP contribution in [0.1, 0.15) is 10.6 Å². The molecule has 6 heteroatoms. The van der Waals surface area contributed by atoms with Crippen LogP contribution < -0.4 is 15.0 Å². The normalized spacial score (nSPS) is 12.7. The number of carbonyl (C=O) groups is 1. The number of amides is 1. The molecule has 0 spiro atoms. The number of nitrogens with one attached hydrogen (secondary N) is 1. The number of anilines is 2. The van der Waals surface area contributed by atoms with Crippen LogP contribution in [0.4, 0.5) is 11.4 Å². The molecule has 1 aromatic heterocycles. The number of fused-ring (bicyclic) bond motifs is 1. The summed E-state index contributed by atoms with van der Waals surface area (Å²) < 4.78 is 5.20. The van der Waals surface area contributed by atoms with Gasteiger partial charge in [0.25, 0.3) is 0 Å². The molecule has 0 saturated heterocycles. The molecule has 27 heavy (non-hydrogen) atoms. The molecule has 0 unspecified atom stereocenters. The quantitative estimate of drug-likeness (QED) is 0.724. The molecule has 0 aliphatic carbocycles. The summed E-state index contributed by atoms with van der Waals surface area (Å²) in [6.45, 7) is 3.20. The first-order valence-electron chi connectivity index (χ1n) is 8.86. The molecule has 0 bridgehead atoms. The maximum absolute atomic E-state index is 12.5. The van der Waals surface area contributed by atoms with Crippen molar-refractivity contribution >= 4 is 28.6 Å². The number of methoxy groups -OCH3 is 1. The molecule has 138 valence electrons. The number of aromatic nitrogens is 1. The van der Waals surface area contributed by atoms with Crippen LogP contribution in [0.15, 0.2) is 47.8 Å². The summed E-state index contributed by atoms with van der Waals surface area (Å²) in [6, 6.07) is 13.8. The van der Waals surface area contributed by atoms with Gasteiger partial charge in [0, 0.05) is 34.9 Å². The molecule has 0 fully saturated rings. The Morgan fingerprint density at radius 2 is 2.19 bits per heavy atom. The zero-order valence-electron chi connectivity index (χ0n) is 15.4. The lowest BCUT2D eigenvalue weighted by Crippen LogP contribution is -2.31. The summed E-state index contributed by atoms with van der Waals surface area (Å²) in [5, 5.41) is 6.10. The summed E-state index contributed by atoms with van der Waals surface area (Å²) in [6.07, 6.45) is 0.943. The van der Waals surface area contributed by atoms with Crippen LogP contribution in [0.5, 0.6) is 5.75 Å². The van der Waals surface area contributed by atoms with Gasteiger partial charge in [-0.15, -0.1) is 11.3 Å². The molecular formula is C21H21N3O2S. The number of hydrogen-bond donors (Lipinski definition) is 1. The summed E-state index contributed by atoms with van der Waals surface area (Å²) >= 11 is 1.66. The lowest BCUT2D eigenvalue weighted by atomic mass is 10.1. The maximum Gasteiger partial charge on any atom is 0.243 e. The van der Waals surface area contributed by atoms with Gasteiger partial charge in [0.2, 0.25) is 5.91 Å². The van der Waals surface area contributed by atoms with Crippen LogP contribution in [-0.4, -0.2) is 31.1 Å². The molecule has 4 rings (SSSR count). The van der Waals surface area contributed by atoms with Crippen molar-refractivity contribution in [2.24, 2.45) is 0 Å². The van der Waals surface area contributed by atoms with Crippen LogP contribution in [0.3, 0.4) is 0 Å².